The first kappa shape index (κ1) is 14.4. The van der Waals surface area contributed by atoms with Gasteiger partial charge in [0.1, 0.15) is 0 Å². The first-order valence-corrected chi connectivity index (χ1v) is 8.27. The highest BCUT2D eigenvalue weighted by molar-refractivity contribution is 5.94. The van der Waals surface area contributed by atoms with Crippen molar-refractivity contribution in [3.05, 3.63) is 29.8 Å². The highest BCUT2D eigenvalue weighted by atomic mass is 16.1. The standard InChI is InChI=1S/C18H26N2O/c1-12-9-13(2)11-17(10-12)19-15-5-3-14(4-6-15)18(21)20-16-7-8-16/h3-6,12-13,16-17,19H,7-11H2,1-2H3,(H,20,21). The Balaban J connectivity index is 1.57. The van der Waals surface area contributed by atoms with Crippen LogP contribution in [0.1, 0.15) is 56.3 Å². The number of carbonyl (C=O) groups is 1. The maximum Gasteiger partial charge on any atom is 0.251 e. The Morgan fingerprint density at radius 3 is 2.14 bits per heavy atom. The summed E-state index contributed by atoms with van der Waals surface area (Å²) in [6, 6.07) is 8.90. The van der Waals surface area contributed by atoms with Crippen LogP contribution >= 0.6 is 0 Å². The summed E-state index contributed by atoms with van der Waals surface area (Å²) in [5.74, 6) is 1.66. The van der Waals surface area contributed by atoms with Crippen molar-refractivity contribution in [3.63, 3.8) is 0 Å². The Morgan fingerprint density at radius 1 is 0.952 bits per heavy atom. The molecule has 0 radical (unpaired) electrons. The molecule has 2 fully saturated rings. The van der Waals surface area contributed by atoms with E-state index in [0.717, 1.165) is 35.9 Å². The fraction of sp³-hybridized carbons (Fsp3) is 0.611. The van der Waals surface area contributed by atoms with Crippen LogP contribution in [-0.4, -0.2) is 18.0 Å². The van der Waals surface area contributed by atoms with Gasteiger partial charge in [0, 0.05) is 23.3 Å². The van der Waals surface area contributed by atoms with E-state index in [1.165, 1.54) is 19.3 Å². The zero-order valence-corrected chi connectivity index (χ0v) is 13.1. The van der Waals surface area contributed by atoms with E-state index in [4.69, 9.17) is 0 Å². The summed E-state index contributed by atoms with van der Waals surface area (Å²) in [6.07, 6.45) is 6.09. The predicted octanol–water partition coefficient (Wildman–Crippen LogP) is 3.82. The molecule has 0 bridgehead atoms. The molecule has 2 saturated carbocycles. The van der Waals surface area contributed by atoms with Gasteiger partial charge in [0.15, 0.2) is 0 Å². The van der Waals surface area contributed by atoms with Crippen LogP contribution in [0, 0.1) is 11.8 Å². The van der Waals surface area contributed by atoms with Crippen LogP contribution < -0.4 is 10.6 Å². The third kappa shape index (κ3) is 3.99. The SMILES string of the molecule is CC1CC(C)CC(Nc2ccc(C(=O)NC3CC3)cc2)C1. The van der Waals surface area contributed by atoms with E-state index >= 15 is 0 Å². The minimum atomic E-state index is 0.0592. The van der Waals surface area contributed by atoms with Crippen LogP contribution in [-0.2, 0) is 0 Å². The third-order valence-electron chi connectivity index (χ3n) is 4.61. The van der Waals surface area contributed by atoms with E-state index in [-0.39, 0.29) is 5.91 Å². The average Bonchev–Trinajstić information content (AvgIpc) is 3.22. The fourth-order valence-corrected chi connectivity index (χ4v) is 3.51. The number of anilines is 1. The fourth-order valence-electron chi connectivity index (χ4n) is 3.51. The molecule has 0 heterocycles. The van der Waals surface area contributed by atoms with Crippen molar-refractivity contribution in [1.82, 2.24) is 5.32 Å². The van der Waals surface area contributed by atoms with Gasteiger partial charge in [0.05, 0.1) is 0 Å². The predicted molar refractivity (Wildman–Crippen MR) is 86.5 cm³/mol. The molecule has 3 nitrogen and oxygen atoms in total. The second-order valence-corrected chi connectivity index (χ2v) is 7.08. The molecule has 1 aromatic carbocycles. The third-order valence-corrected chi connectivity index (χ3v) is 4.61. The number of hydrogen-bond acceptors (Lipinski definition) is 2. The molecule has 1 aromatic rings. The van der Waals surface area contributed by atoms with Crippen molar-refractivity contribution in [2.75, 3.05) is 5.32 Å². The molecule has 2 aliphatic carbocycles. The number of benzene rings is 1. The van der Waals surface area contributed by atoms with Gasteiger partial charge < -0.3 is 10.6 Å². The van der Waals surface area contributed by atoms with Gasteiger partial charge in [-0.2, -0.15) is 0 Å². The molecule has 3 heteroatoms. The molecule has 2 N–H and O–H groups in total. The molecule has 2 aliphatic rings. The van der Waals surface area contributed by atoms with Gasteiger partial charge in [-0.05, 0) is 68.2 Å². The monoisotopic (exact) mass is 286 g/mol. The number of hydrogen-bond donors (Lipinski definition) is 2. The lowest BCUT2D eigenvalue weighted by Crippen LogP contribution is -2.30. The highest BCUT2D eigenvalue weighted by Crippen LogP contribution is 2.30. The van der Waals surface area contributed by atoms with Crippen LogP contribution in [0.25, 0.3) is 0 Å². The van der Waals surface area contributed by atoms with Gasteiger partial charge in [0.25, 0.3) is 5.91 Å². The van der Waals surface area contributed by atoms with E-state index < -0.39 is 0 Å². The minimum Gasteiger partial charge on any atom is -0.382 e. The summed E-state index contributed by atoms with van der Waals surface area (Å²) in [4.78, 5) is 12.0. The number of carbonyl (C=O) groups excluding carboxylic acids is 1. The lowest BCUT2D eigenvalue weighted by Gasteiger charge is -2.32. The molecule has 2 atom stereocenters. The van der Waals surface area contributed by atoms with Gasteiger partial charge in [-0.1, -0.05) is 13.8 Å². The number of nitrogens with one attached hydrogen (secondary N) is 2. The zero-order valence-electron chi connectivity index (χ0n) is 13.1. The lowest BCUT2D eigenvalue weighted by atomic mass is 9.80. The summed E-state index contributed by atoms with van der Waals surface area (Å²) in [6.45, 7) is 4.69. The van der Waals surface area contributed by atoms with E-state index in [1.54, 1.807) is 0 Å². The highest BCUT2D eigenvalue weighted by Gasteiger charge is 2.25. The van der Waals surface area contributed by atoms with Gasteiger partial charge in [-0.3, -0.25) is 4.79 Å². The van der Waals surface area contributed by atoms with Crippen LogP contribution in [0.4, 0.5) is 5.69 Å². The van der Waals surface area contributed by atoms with Crippen LogP contribution in [0.15, 0.2) is 24.3 Å². The van der Waals surface area contributed by atoms with Crippen LogP contribution in [0.2, 0.25) is 0 Å². The van der Waals surface area contributed by atoms with Crippen molar-refractivity contribution in [1.29, 1.82) is 0 Å². The molecular weight excluding hydrogens is 260 g/mol. The lowest BCUT2D eigenvalue weighted by molar-refractivity contribution is 0.0951. The first-order valence-electron chi connectivity index (χ1n) is 8.27. The first-order chi connectivity index (χ1) is 10.1. The van der Waals surface area contributed by atoms with Crippen LogP contribution in [0.3, 0.4) is 0 Å². The maximum absolute atomic E-state index is 12.0. The molecule has 0 aliphatic heterocycles. The largest absolute Gasteiger partial charge is 0.382 e. The zero-order chi connectivity index (χ0) is 14.8. The summed E-state index contributed by atoms with van der Waals surface area (Å²) >= 11 is 0. The Labute approximate surface area is 127 Å². The second-order valence-electron chi connectivity index (χ2n) is 7.08. The Kier molecular flexibility index (Phi) is 4.18. The van der Waals surface area contributed by atoms with Gasteiger partial charge in [-0.25, -0.2) is 0 Å². The Morgan fingerprint density at radius 2 is 1.57 bits per heavy atom. The van der Waals surface area contributed by atoms with Crippen LogP contribution in [0.5, 0.6) is 0 Å². The molecule has 0 saturated heterocycles. The quantitative estimate of drug-likeness (QED) is 0.883. The van der Waals surface area contributed by atoms with E-state index in [2.05, 4.69) is 24.5 Å². The normalized spacial score (nSPS) is 29.0. The van der Waals surface area contributed by atoms with Crippen molar-refractivity contribution >= 4 is 11.6 Å². The van der Waals surface area contributed by atoms with Crippen molar-refractivity contribution < 1.29 is 4.79 Å². The Bertz CT molecular complexity index is 482. The molecule has 21 heavy (non-hydrogen) atoms. The van der Waals surface area contributed by atoms with E-state index in [0.29, 0.717) is 12.1 Å². The van der Waals surface area contributed by atoms with Gasteiger partial charge in [-0.15, -0.1) is 0 Å². The number of amides is 1. The van der Waals surface area contributed by atoms with Crippen molar-refractivity contribution in [2.45, 2.75) is 58.0 Å². The van der Waals surface area contributed by atoms with Crippen molar-refractivity contribution in [3.8, 4) is 0 Å². The molecule has 3 rings (SSSR count). The minimum absolute atomic E-state index is 0.0592. The molecule has 0 spiro atoms. The second kappa shape index (κ2) is 6.08. The van der Waals surface area contributed by atoms with Gasteiger partial charge in [0.2, 0.25) is 0 Å². The maximum atomic E-state index is 12.0. The Hall–Kier alpha value is -1.51. The average molecular weight is 286 g/mol. The molecular formula is C18H26N2O. The molecule has 114 valence electrons. The summed E-state index contributed by atoms with van der Waals surface area (Å²) < 4.78 is 0. The molecule has 0 aromatic heterocycles. The van der Waals surface area contributed by atoms with E-state index in [1.807, 2.05) is 24.3 Å². The smallest absolute Gasteiger partial charge is 0.251 e. The topological polar surface area (TPSA) is 41.1 Å². The van der Waals surface area contributed by atoms with Crippen molar-refractivity contribution in [2.24, 2.45) is 11.8 Å². The van der Waals surface area contributed by atoms with E-state index in [9.17, 15) is 4.79 Å². The summed E-state index contributed by atoms with van der Waals surface area (Å²) in [7, 11) is 0. The van der Waals surface area contributed by atoms with Gasteiger partial charge >= 0.3 is 0 Å². The number of rotatable bonds is 4. The molecule has 2 unspecified atom stereocenters. The molecule has 1 amide bonds. The summed E-state index contributed by atoms with van der Waals surface area (Å²) in [5.41, 5.74) is 1.89. The summed E-state index contributed by atoms with van der Waals surface area (Å²) in [5, 5.41) is 6.65.